The number of benzene rings is 1. The molecule has 2 heterocycles. The third-order valence-corrected chi connectivity index (χ3v) is 5.30. The fourth-order valence-corrected chi connectivity index (χ4v) is 4.00. The monoisotopic (exact) mass is 366 g/mol. The van der Waals surface area contributed by atoms with Crippen molar-refractivity contribution in [2.45, 2.75) is 58.5 Å². The predicted octanol–water partition coefficient (Wildman–Crippen LogP) is 3.37. The van der Waals surface area contributed by atoms with Crippen molar-refractivity contribution in [3.63, 3.8) is 0 Å². The third kappa shape index (κ3) is 3.36. The van der Waals surface area contributed by atoms with Crippen LogP contribution in [0, 0.1) is 5.92 Å². The average molecular weight is 366 g/mol. The van der Waals surface area contributed by atoms with Crippen molar-refractivity contribution in [1.29, 1.82) is 0 Å². The number of nitrogens with zero attached hydrogens (tertiary/aromatic N) is 3. The van der Waals surface area contributed by atoms with Crippen LogP contribution in [0.1, 0.15) is 56.4 Å². The van der Waals surface area contributed by atoms with Gasteiger partial charge in [0.2, 0.25) is 0 Å². The number of aromatic nitrogens is 3. The highest BCUT2D eigenvalue weighted by Gasteiger charge is 2.21. The van der Waals surface area contributed by atoms with Crippen LogP contribution in [0.5, 0.6) is 0 Å². The van der Waals surface area contributed by atoms with E-state index in [1.165, 1.54) is 6.42 Å². The van der Waals surface area contributed by atoms with Crippen molar-refractivity contribution in [1.82, 2.24) is 19.5 Å². The Hall–Kier alpha value is -2.63. The van der Waals surface area contributed by atoms with Crippen LogP contribution in [0.4, 0.5) is 0 Å². The first kappa shape index (κ1) is 17.8. The van der Waals surface area contributed by atoms with E-state index in [2.05, 4.69) is 24.3 Å². The molecule has 1 fully saturated rings. The van der Waals surface area contributed by atoms with E-state index in [0.717, 1.165) is 36.7 Å². The fraction of sp³-hybridized carbons (Fsp3) is 0.476. The maximum atomic E-state index is 13.1. The van der Waals surface area contributed by atoms with Crippen LogP contribution in [-0.2, 0) is 6.54 Å². The standard InChI is InChI=1S/C21H26N4O2/c1-14(2)13-24-17-10-6-7-11-18(17)25-19(21(24)27)12-16(23-25)20(26)22-15-8-4-3-5-9-15/h6-7,10-12,14-15H,3-5,8-9,13H2,1-2H3,(H,22,26). The predicted molar refractivity (Wildman–Crippen MR) is 106 cm³/mol. The highest BCUT2D eigenvalue weighted by molar-refractivity contribution is 5.94. The molecule has 1 aliphatic rings. The lowest BCUT2D eigenvalue weighted by atomic mass is 9.95. The zero-order chi connectivity index (χ0) is 19.0. The molecule has 142 valence electrons. The maximum absolute atomic E-state index is 13.1. The van der Waals surface area contributed by atoms with Crippen LogP contribution < -0.4 is 10.9 Å². The molecule has 0 radical (unpaired) electrons. The van der Waals surface area contributed by atoms with Crippen LogP contribution >= 0.6 is 0 Å². The van der Waals surface area contributed by atoms with Crippen molar-refractivity contribution < 1.29 is 4.79 Å². The Labute approximate surface area is 158 Å². The van der Waals surface area contributed by atoms with Gasteiger partial charge >= 0.3 is 0 Å². The van der Waals surface area contributed by atoms with Gasteiger partial charge in [0.25, 0.3) is 11.5 Å². The normalized spacial score (nSPS) is 15.7. The van der Waals surface area contributed by atoms with E-state index in [0.29, 0.717) is 23.7 Å². The highest BCUT2D eigenvalue weighted by atomic mass is 16.2. The molecule has 0 unspecified atom stereocenters. The Bertz CT molecular complexity index is 1040. The summed E-state index contributed by atoms with van der Waals surface area (Å²) in [6.45, 7) is 4.81. The van der Waals surface area contributed by atoms with E-state index in [-0.39, 0.29) is 17.5 Å². The number of hydrogen-bond donors (Lipinski definition) is 1. The second-order valence-electron chi connectivity index (χ2n) is 7.93. The molecular formula is C21H26N4O2. The summed E-state index contributed by atoms with van der Waals surface area (Å²) in [6.07, 6.45) is 5.58. The number of rotatable bonds is 4. The molecule has 4 rings (SSSR count). The SMILES string of the molecule is CC(C)Cn1c(=O)c2cc(C(=O)NC3CCCCC3)nn2c2ccccc21. The molecular weight excluding hydrogens is 340 g/mol. The first-order valence-corrected chi connectivity index (χ1v) is 9.87. The number of hydrogen-bond acceptors (Lipinski definition) is 3. The molecule has 0 bridgehead atoms. The lowest BCUT2D eigenvalue weighted by Crippen LogP contribution is -2.36. The molecule has 1 N–H and O–H groups in total. The van der Waals surface area contributed by atoms with E-state index < -0.39 is 0 Å². The second-order valence-corrected chi connectivity index (χ2v) is 7.93. The summed E-state index contributed by atoms with van der Waals surface area (Å²) in [5.74, 6) is 0.148. The van der Waals surface area contributed by atoms with Gasteiger partial charge in [-0.05, 0) is 30.9 Å². The number of carbonyl (C=O) groups excluding carboxylic acids is 1. The number of para-hydroxylation sites is 2. The minimum atomic E-state index is -0.190. The van der Waals surface area contributed by atoms with Crippen LogP contribution in [0.2, 0.25) is 0 Å². The van der Waals surface area contributed by atoms with Gasteiger partial charge in [0.1, 0.15) is 5.52 Å². The molecule has 0 spiro atoms. The molecule has 1 saturated carbocycles. The molecule has 0 aliphatic heterocycles. The summed E-state index contributed by atoms with van der Waals surface area (Å²) >= 11 is 0. The van der Waals surface area contributed by atoms with Crippen LogP contribution in [-0.4, -0.2) is 26.1 Å². The Balaban J connectivity index is 1.79. The number of fused-ring (bicyclic) bond motifs is 3. The molecule has 6 heteroatoms. The summed E-state index contributed by atoms with van der Waals surface area (Å²) in [4.78, 5) is 25.8. The average Bonchev–Trinajstić information content (AvgIpc) is 3.12. The fourth-order valence-electron chi connectivity index (χ4n) is 4.00. The van der Waals surface area contributed by atoms with Crippen molar-refractivity contribution in [2.24, 2.45) is 5.92 Å². The number of nitrogens with one attached hydrogen (secondary N) is 1. The Morgan fingerprint density at radius 2 is 1.85 bits per heavy atom. The summed E-state index contributed by atoms with van der Waals surface area (Å²) in [5.41, 5.74) is 2.33. The Kier molecular flexibility index (Phi) is 4.72. The molecule has 3 aromatic rings. The van der Waals surface area contributed by atoms with Gasteiger partial charge < -0.3 is 9.88 Å². The molecule has 0 atom stereocenters. The second kappa shape index (κ2) is 7.18. The lowest BCUT2D eigenvalue weighted by Gasteiger charge is -2.22. The largest absolute Gasteiger partial charge is 0.348 e. The van der Waals surface area contributed by atoms with Crippen LogP contribution in [0.3, 0.4) is 0 Å². The van der Waals surface area contributed by atoms with E-state index in [1.54, 1.807) is 15.1 Å². The zero-order valence-electron chi connectivity index (χ0n) is 15.9. The van der Waals surface area contributed by atoms with E-state index >= 15 is 0 Å². The van der Waals surface area contributed by atoms with Gasteiger partial charge in [-0.2, -0.15) is 5.10 Å². The first-order chi connectivity index (χ1) is 13.0. The van der Waals surface area contributed by atoms with Gasteiger partial charge in [-0.3, -0.25) is 9.59 Å². The van der Waals surface area contributed by atoms with Crippen LogP contribution in [0.15, 0.2) is 35.1 Å². The zero-order valence-corrected chi connectivity index (χ0v) is 15.9. The quantitative estimate of drug-likeness (QED) is 0.770. The van der Waals surface area contributed by atoms with E-state index in [1.807, 2.05) is 24.3 Å². The molecule has 6 nitrogen and oxygen atoms in total. The van der Waals surface area contributed by atoms with Gasteiger partial charge in [0, 0.05) is 18.7 Å². The molecule has 2 aromatic heterocycles. The van der Waals surface area contributed by atoms with Gasteiger partial charge in [0.15, 0.2) is 5.69 Å². The van der Waals surface area contributed by atoms with Crippen molar-refractivity contribution in [3.8, 4) is 0 Å². The van der Waals surface area contributed by atoms with Gasteiger partial charge in [-0.1, -0.05) is 45.2 Å². The smallest absolute Gasteiger partial charge is 0.277 e. The minimum Gasteiger partial charge on any atom is -0.348 e. The molecule has 0 saturated heterocycles. The Morgan fingerprint density at radius 1 is 1.15 bits per heavy atom. The highest BCUT2D eigenvalue weighted by Crippen LogP contribution is 2.19. The maximum Gasteiger partial charge on any atom is 0.277 e. The lowest BCUT2D eigenvalue weighted by molar-refractivity contribution is 0.0922. The first-order valence-electron chi connectivity index (χ1n) is 9.87. The van der Waals surface area contributed by atoms with Gasteiger partial charge in [-0.15, -0.1) is 0 Å². The number of amides is 1. The summed E-state index contributed by atoms with van der Waals surface area (Å²) in [6, 6.07) is 9.56. The van der Waals surface area contributed by atoms with E-state index in [4.69, 9.17) is 0 Å². The molecule has 1 aromatic carbocycles. The number of carbonyl (C=O) groups is 1. The van der Waals surface area contributed by atoms with Crippen molar-refractivity contribution >= 4 is 22.5 Å². The summed E-state index contributed by atoms with van der Waals surface area (Å²) in [5, 5.41) is 7.57. The van der Waals surface area contributed by atoms with Crippen molar-refractivity contribution in [2.75, 3.05) is 0 Å². The molecule has 27 heavy (non-hydrogen) atoms. The summed E-state index contributed by atoms with van der Waals surface area (Å²) < 4.78 is 3.41. The molecule has 1 aliphatic carbocycles. The van der Waals surface area contributed by atoms with E-state index in [9.17, 15) is 9.59 Å². The van der Waals surface area contributed by atoms with Crippen molar-refractivity contribution in [3.05, 3.63) is 46.4 Å². The summed E-state index contributed by atoms with van der Waals surface area (Å²) in [7, 11) is 0. The Morgan fingerprint density at radius 3 is 2.56 bits per heavy atom. The molecule has 1 amide bonds. The third-order valence-electron chi connectivity index (χ3n) is 5.30. The minimum absolute atomic E-state index is 0.105. The van der Waals surface area contributed by atoms with Gasteiger partial charge in [-0.25, -0.2) is 4.52 Å². The van der Waals surface area contributed by atoms with Gasteiger partial charge in [0.05, 0.1) is 11.0 Å². The topological polar surface area (TPSA) is 68.4 Å². The van der Waals surface area contributed by atoms with Crippen LogP contribution in [0.25, 0.3) is 16.6 Å².